The zero-order chi connectivity index (χ0) is 68.9. The molecule has 0 saturated carbocycles. The van der Waals surface area contributed by atoms with Crippen LogP contribution in [0.4, 0.5) is 0 Å². The maximum atomic E-state index is 13.1. The maximum absolute atomic E-state index is 13.1. The number of aliphatic hydroxyl groups is 1. The molecule has 0 aliphatic rings. The number of hydrogen-bond donors (Lipinski definition) is 3. The third kappa shape index (κ3) is 68.4. The van der Waals surface area contributed by atoms with Crippen LogP contribution in [0.25, 0.3) is 0 Å². The lowest BCUT2D eigenvalue weighted by molar-refractivity contribution is -0.161. The van der Waals surface area contributed by atoms with Crippen LogP contribution < -0.4 is 0 Å². The number of ether oxygens (including phenoxy) is 4. The third-order valence-electron chi connectivity index (χ3n) is 17.1. The van der Waals surface area contributed by atoms with E-state index < -0.39 is 97.5 Å². The average Bonchev–Trinajstić information content (AvgIpc) is 2.38. The van der Waals surface area contributed by atoms with Gasteiger partial charge in [0.05, 0.1) is 26.4 Å². The summed E-state index contributed by atoms with van der Waals surface area (Å²) < 4.78 is 68.3. The lowest BCUT2D eigenvalue weighted by Crippen LogP contribution is -2.30. The molecule has 0 saturated heterocycles. The molecule has 0 aromatic heterocycles. The Labute approximate surface area is 568 Å². The van der Waals surface area contributed by atoms with Crippen LogP contribution in [0.1, 0.15) is 370 Å². The van der Waals surface area contributed by atoms with Gasteiger partial charge in [-0.3, -0.25) is 37.3 Å². The second kappa shape index (κ2) is 63.5. The molecular formula is C74H144O17P2. The summed E-state index contributed by atoms with van der Waals surface area (Å²) in [7, 11) is -9.90. The van der Waals surface area contributed by atoms with E-state index in [2.05, 4.69) is 55.4 Å². The van der Waals surface area contributed by atoms with Crippen LogP contribution in [0.2, 0.25) is 0 Å². The molecule has 0 heterocycles. The Morgan fingerprint density at radius 1 is 0.269 bits per heavy atom. The largest absolute Gasteiger partial charge is 0.472 e. The Balaban J connectivity index is 5.15. The number of carbonyl (C=O) groups excluding carboxylic acids is 4. The van der Waals surface area contributed by atoms with Crippen molar-refractivity contribution < 1.29 is 80.2 Å². The highest BCUT2D eigenvalue weighted by molar-refractivity contribution is 7.47. The number of rotatable bonds is 71. The molecule has 19 heteroatoms. The molecule has 2 unspecified atom stereocenters. The first kappa shape index (κ1) is 91.1. The predicted octanol–water partition coefficient (Wildman–Crippen LogP) is 21.3. The Morgan fingerprint density at radius 2 is 0.452 bits per heavy atom. The highest BCUT2D eigenvalue weighted by Crippen LogP contribution is 2.45. The quantitative estimate of drug-likeness (QED) is 0.0222. The molecule has 5 atom stereocenters. The van der Waals surface area contributed by atoms with Crippen molar-refractivity contribution in [2.45, 2.75) is 388 Å². The molecule has 0 fully saturated rings. The van der Waals surface area contributed by atoms with Crippen molar-refractivity contribution in [2.24, 2.45) is 23.7 Å². The molecule has 0 aliphatic carbocycles. The van der Waals surface area contributed by atoms with E-state index in [9.17, 15) is 43.2 Å². The molecule has 0 bridgehead atoms. The zero-order valence-corrected chi connectivity index (χ0v) is 62.7. The second-order valence-corrected chi connectivity index (χ2v) is 31.5. The molecule has 0 aromatic carbocycles. The van der Waals surface area contributed by atoms with Crippen molar-refractivity contribution in [3.63, 3.8) is 0 Å². The fourth-order valence-corrected chi connectivity index (χ4v) is 12.8. The van der Waals surface area contributed by atoms with Crippen molar-refractivity contribution in [1.82, 2.24) is 0 Å². The van der Waals surface area contributed by atoms with Crippen LogP contribution in [0.3, 0.4) is 0 Å². The van der Waals surface area contributed by atoms with Gasteiger partial charge in [-0.15, -0.1) is 0 Å². The van der Waals surface area contributed by atoms with Crippen LogP contribution in [-0.2, 0) is 65.4 Å². The Hall–Kier alpha value is -1.94. The van der Waals surface area contributed by atoms with Gasteiger partial charge in [-0.05, 0) is 49.4 Å². The van der Waals surface area contributed by atoms with E-state index >= 15 is 0 Å². The molecule has 0 spiro atoms. The van der Waals surface area contributed by atoms with E-state index in [0.29, 0.717) is 37.5 Å². The second-order valence-electron chi connectivity index (χ2n) is 28.6. The molecule has 0 amide bonds. The van der Waals surface area contributed by atoms with Gasteiger partial charge in [0.25, 0.3) is 0 Å². The lowest BCUT2D eigenvalue weighted by atomic mass is 10.0. The predicted molar refractivity (Wildman–Crippen MR) is 377 cm³/mol. The molecule has 0 aliphatic heterocycles. The minimum Gasteiger partial charge on any atom is -0.462 e. The molecular weight excluding hydrogens is 1220 g/mol. The van der Waals surface area contributed by atoms with Crippen LogP contribution in [0.5, 0.6) is 0 Å². The lowest BCUT2D eigenvalue weighted by Gasteiger charge is -2.21. The van der Waals surface area contributed by atoms with Gasteiger partial charge in [0.1, 0.15) is 19.3 Å². The third-order valence-corrected chi connectivity index (χ3v) is 19.0. The Kier molecular flexibility index (Phi) is 62.2. The van der Waals surface area contributed by atoms with E-state index in [4.69, 9.17) is 37.0 Å². The summed E-state index contributed by atoms with van der Waals surface area (Å²) >= 11 is 0. The zero-order valence-electron chi connectivity index (χ0n) is 60.9. The number of aliphatic hydroxyl groups excluding tert-OH is 1. The van der Waals surface area contributed by atoms with Gasteiger partial charge < -0.3 is 33.8 Å². The summed E-state index contributed by atoms with van der Waals surface area (Å²) in [5, 5.41) is 10.6. The Bertz CT molecular complexity index is 1830. The number of unbranched alkanes of at least 4 members (excludes halogenated alkanes) is 37. The highest BCUT2D eigenvalue weighted by atomic mass is 31.2. The topological polar surface area (TPSA) is 237 Å². The van der Waals surface area contributed by atoms with Crippen LogP contribution >= 0.6 is 15.6 Å². The van der Waals surface area contributed by atoms with Crippen molar-refractivity contribution in [3.8, 4) is 0 Å². The van der Waals surface area contributed by atoms with Gasteiger partial charge >= 0.3 is 39.5 Å². The van der Waals surface area contributed by atoms with Gasteiger partial charge in [-0.2, -0.15) is 0 Å². The average molecular weight is 1370 g/mol. The minimum absolute atomic E-state index is 0.101. The molecule has 93 heavy (non-hydrogen) atoms. The molecule has 0 rings (SSSR count). The number of phosphoric ester groups is 2. The summed E-state index contributed by atoms with van der Waals surface area (Å²) in [6.07, 6.45) is 47.7. The van der Waals surface area contributed by atoms with E-state index in [-0.39, 0.29) is 25.7 Å². The van der Waals surface area contributed by atoms with E-state index in [1.807, 2.05) is 0 Å². The first-order valence-electron chi connectivity index (χ1n) is 38.2. The summed E-state index contributed by atoms with van der Waals surface area (Å²) in [5.41, 5.74) is 0. The van der Waals surface area contributed by atoms with Gasteiger partial charge in [0, 0.05) is 25.7 Å². The highest BCUT2D eigenvalue weighted by Gasteiger charge is 2.30. The van der Waals surface area contributed by atoms with E-state index in [1.54, 1.807) is 0 Å². The number of phosphoric acid groups is 2. The monoisotopic (exact) mass is 1370 g/mol. The first-order valence-corrected chi connectivity index (χ1v) is 41.2. The normalized spacial score (nSPS) is 14.2. The summed E-state index contributed by atoms with van der Waals surface area (Å²) in [4.78, 5) is 72.6. The molecule has 3 N–H and O–H groups in total. The molecule has 0 radical (unpaired) electrons. The van der Waals surface area contributed by atoms with E-state index in [0.717, 1.165) is 108 Å². The summed E-state index contributed by atoms with van der Waals surface area (Å²) in [5.74, 6) is 0.806. The van der Waals surface area contributed by atoms with Gasteiger partial charge in [-0.1, -0.05) is 319 Å². The number of esters is 4. The van der Waals surface area contributed by atoms with Crippen LogP contribution in [-0.4, -0.2) is 96.7 Å². The Morgan fingerprint density at radius 3 is 0.667 bits per heavy atom. The smallest absolute Gasteiger partial charge is 0.462 e. The van der Waals surface area contributed by atoms with Crippen molar-refractivity contribution >= 4 is 39.5 Å². The SMILES string of the molecule is CC(C)CCCCCCCCCCCCCCCCCCCCC(=O)OC[C@H](COP(=O)(O)OC[C@@H](O)COP(=O)(O)OC[C@@H](COC(=O)CCCCCCCCC(C)C)OC(=O)CCCCCCCCC(C)C)OC(=O)CCCCCCCCCCCCCC(C)C. The van der Waals surface area contributed by atoms with Gasteiger partial charge in [0.2, 0.25) is 0 Å². The fourth-order valence-electron chi connectivity index (χ4n) is 11.2. The van der Waals surface area contributed by atoms with Gasteiger partial charge in [-0.25, -0.2) is 9.13 Å². The molecule has 552 valence electrons. The standard InChI is InChI=1S/C74H144O17P2/c1-64(2)50-42-34-26-22-18-15-13-11-9-10-12-14-16-20-24-28-38-46-54-71(76)84-60-69(90-73(78)56-48-40-29-25-21-17-19-23-27-35-43-51-65(3)4)62-88-92(80,81)86-58-68(75)59-87-93(82,83)89-63-70(91-74(79)57-49-41-33-31-37-45-53-67(7)8)61-85-72(77)55-47-39-32-30-36-44-52-66(5)6/h64-70,75H,9-63H2,1-8H3,(H,80,81)(H,82,83)/t68-,69-,70-/m1/s1. The number of hydrogen-bond acceptors (Lipinski definition) is 15. The summed E-state index contributed by atoms with van der Waals surface area (Å²) in [6, 6.07) is 0. The first-order chi connectivity index (χ1) is 44.6. The van der Waals surface area contributed by atoms with Gasteiger partial charge in [0.15, 0.2) is 12.2 Å². The molecule has 0 aromatic rings. The minimum atomic E-state index is -4.96. The fraction of sp³-hybridized carbons (Fsp3) is 0.946. The maximum Gasteiger partial charge on any atom is 0.472 e. The number of carbonyl (C=O) groups is 4. The summed E-state index contributed by atoms with van der Waals surface area (Å²) in [6.45, 7) is 14.0. The van der Waals surface area contributed by atoms with Crippen molar-refractivity contribution in [1.29, 1.82) is 0 Å². The van der Waals surface area contributed by atoms with Crippen LogP contribution in [0, 0.1) is 23.7 Å². The van der Waals surface area contributed by atoms with Crippen molar-refractivity contribution in [3.05, 3.63) is 0 Å². The van der Waals surface area contributed by atoms with Crippen molar-refractivity contribution in [2.75, 3.05) is 39.6 Å². The molecule has 17 nitrogen and oxygen atoms in total. The van der Waals surface area contributed by atoms with Crippen LogP contribution in [0.15, 0.2) is 0 Å². The van der Waals surface area contributed by atoms with E-state index in [1.165, 1.54) is 167 Å².